The quantitative estimate of drug-likeness (QED) is 0.603. The third-order valence-electron chi connectivity index (χ3n) is 7.24. The van der Waals surface area contributed by atoms with E-state index < -0.39 is 15.8 Å². The maximum Gasteiger partial charge on any atom is 0.419 e. The van der Waals surface area contributed by atoms with Crippen molar-refractivity contribution in [2.75, 3.05) is 26.2 Å². The van der Waals surface area contributed by atoms with Crippen LogP contribution in [0.1, 0.15) is 37.7 Å². The van der Waals surface area contributed by atoms with Gasteiger partial charge >= 0.3 is 5.76 Å². The molecule has 2 aromatic carbocycles. The second-order valence-corrected chi connectivity index (χ2v) is 10.8. The molecule has 2 fully saturated rings. The van der Waals surface area contributed by atoms with E-state index in [1.807, 2.05) is 0 Å². The van der Waals surface area contributed by atoms with E-state index in [4.69, 9.17) is 4.42 Å². The van der Waals surface area contributed by atoms with Crippen molar-refractivity contribution in [3.8, 4) is 0 Å². The monoisotopic (exact) mass is 455 g/mol. The maximum absolute atomic E-state index is 13.4. The lowest BCUT2D eigenvalue weighted by molar-refractivity contribution is 0.0209. The molecule has 2 heterocycles. The Balaban J connectivity index is 1.39. The molecular formula is C24H29N3O4S. The van der Waals surface area contributed by atoms with E-state index in [0.717, 1.165) is 12.8 Å². The zero-order valence-electron chi connectivity index (χ0n) is 18.4. The number of hydrogen-bond donors (Lipinski definition) is 0. The second kappa shape index (κ2) is 8.17. The van der Waals surface area contributed by atoms with Gasteiger partial charge in [-0.2, -0.15) is 4.31 Å². The summed E-state index contributed by atoms with van der Waals surface area (Å²) in [7, 11) is -2.07. The number of nitrogens with zero attached hydrogens (tertiary/aromatic N) is 3. The van der Waals surface area contributed by atoms with Gasteiger partial charge in [0.1, 0.15) is 0 Å². The highest BCUT2D eigenvalue weighted by Gasteiger charge is 2.42. The Morgan fingerprint density at radius 3 is 2.28 bits per heavy atom. The van der Waals surface area contributed by atoms with Crippen LogP contribution < -0.4 is 5.76 Å². The van der Waals surface area contributed by atoms with Crippen LogP contribution in [0.5, 0.6) is 0 Å². The summed E-state index contributed by atoms with van der Waals surface area (Å²) in [5.74, 6) is -0.498. The number of sulfonamides is 1. The van der Waals surface area contributed by atoms with E-state index in [1.54, 1.807) is 17.4 Å². The molecule has 8 heteroatoms. The third kappa shape index (κ3) is 3.50. The molecule has 0 radical (unpaired) electrons. The summed E-state index contributed by atoms with van der Waals surface area (Å²) in [4.78, 5) is 14.5. The molecule has 0 amide bonds. The van der Waals surface area contributed by atoms with Gasteiger partial charge in [0.05, 0.1) is 10.4 Å². The Labute approximate surface area is 188 Å². The predicted octanol–water partition coefficient (Wildman–Crippen LogP) is 3.30. The minimum Gasteiger partial charge on any atom is -0.408 e. The number of piperazine rings is 1. The Hall–Kier alpha value is -2.42. The van der Waals surface area contributed by atoms with E-state index in [0.29, 0.717) is 37.3 Å². The molecular weight excluding hydrogens is 426 g/mol. The summed E-state index contributed by atoms with van der Waals surface area (Å²) >= 11 is 0. The van der Waals surface area contributed by atoms with E-state index in [1.165, 1.54) is 41.5 Å². The molecule has 1 aliphatic heterocycles. The first-order valence-corrected chi connectivity index (χ1v) is 12.8. The van der Waals surface area contributed by atoms with Gasteiger partial charge < -0.3 is 4.42 Å². The van der Waals surface area contributed by atoms with Gasteiger partial charge in [0.25, 0.3) is 0 Å². The zero-order chi connectivity index (χ0) is 22.3. The van der Waals surface area contributed by atoms with Crippen molar-refractivity contribution in [1.29, 1.82) is 0 Å². The largest absolute Gasteiger partial charge is 0.419 e. The van der Waals surface area contributed by atoms with Gasteiger partial charge in [-0.3, -0.25) is 9.47 Å². The lowest BCUT2D eigenvalue weighted by atomic mass is 9.75. The maximum atomic E-state index is 13.4. The fourth-order valence-corrected chi connectivity index (χ4v) is 6.89. The summed E-state index contributed by atoms with van der Waals surface area (Å²) in [6.45, 7) is 2.33. The van der Waals surface area contributed by atoms with Gasteiger partial charge in [0.15, 0.2) is 5.58 Å². The Kier molecular flexibility index (Phi) is 5.47. The molecule has 1 saturated heterocycles. The van der Waals surface area contributed by atoms with Crippen molar-refractivity contribution in [2.45, 2.75) is 42.5 Å². The molecule has 2 aliphatic rings. The fraction of sp³-hybridized carbons (Fsp3) is 0.458. The summed E-state index contributed by atoms with van der Waals surface area (Å²) < 4.78 is 34.8. The summed E-state index contributed by atoms with van der Waals surface area (Å²) in [6, 6.07) is 15.3. The van der Waals surface area contributed by atoms with Crippen molar-refractivity contribution in [3.05, 3.63) is 64.6 Å². The first-order valence-electron chi connectivity index (χ1n) is 11.3. The minimum absolute atomic E-state index is 0.00332. The smallest absolute Gasteiger partial charge is 0.408 e. The van der Waals surface area contributed by atoms with Crippen LogP contribution in [0.3, 0.4) is 0 Å². The van der Waals surface area contributed by atoms with Crippen LogP contribution in [0.4, 0.5) is 0 Å². The van der Waals surface area contributed by atoms with Crippen LogP contribution in [-0.2, 0) is 22.6 Å². The number of rotatable bonds is 4. The average Bonchev–Trinajstić information content (AvgIpc) is 3.13. The molecule has 0 spiro atoms. The lowest BCUT2D eigenvalue weighted by Gasteiger charge is -2.50. The summed E-state index contributed by atoms with van der Waals surface area (Å²) in [6.07, 6.45) is 5.92. The molecule has 5 rings (SSSR count). The minimum atomic E-state index is -3.65. The van der Waals surface area contributed by atoms with E-state index in [-0.39, 0.29) is 10.4 Å². The van der Waals surface area contributed by atoms with Gasteiger partial charge in [0.2, 0.25) is 10.0 Å². The highest BCUT2D eigenvalue weighted by Crippen LogP contribution is 2.43. The summed E-state index contributed by atoms with van der Waals surface area (Å²) in [5.41, 5.74) is 2.23. The van der Waals surface area contributed by atoms with Crippen molar-refractivity contribution in [3.63, 3.8) is 0 Å². The lowest BCUT2D eigenvalue weighted by Crippen LogP contribution is -2.57. The number of aryl methyl sites for hydroxylation is 1. The van der Waals surface area contributed by atoms with Gasteiger partial charge in [-0.15, -0.1) is 0 Å². The van der Waals surface area contributed by atoms with Crippen LogP contribution in [0.25, 0.3) is 11.1 Å². The SMILES string of the molecule is Cn1c(=O)oc2ccc(S(=O)(=O)N3CCN(C4(c5ccccc5)CCCCC4)CC3)cc21. The number of oxazole rings is 1. The normalized spacial score (nSPS) is 20.5. The third-order valence-corrected chi connectivity index (χ3v) is 9.13. The van der Waals surface area contributed by atoms with Gasteiger partial charge in [-0.1, -0.05) is 49.6 Å². The molecule has 170 valence electrons. The van der Waals surface area contributed by atoms with Crippen molar-refractivity contribution < 1.29 is 12.8 Å². The van der Waals surface area contributed by atoms with Gasteiger partial charge in [-0.05, 0) is 36.6 Å². The van der Waals surface area contributed by atoms with E-state index in [2.05, 4.69) is 35.2 Å². The number of fused-ring (bicyclic) bond motifs is 1. The van der Waals surface area contributed by atoms with Crippen LogP contribution in [0, 0.1) is 0 Å². The number of hydrogen-bond acceptors (Lipinski definition) is 5. The van der Waals surface area contributed by atoms with Crippen molar-refractivity contribution >= 4 is 21.1 Å². The highest BCUT2D eigenvalue weighted by molar-refractivity contribution is 7.89. The topological polar surface area (TPSA) is 75.8 Å². The van der Waals surface area contributed by atoms with E-state index in [9.17, 15) is 13.2 Å². The number of aromatic nitrogens is 1. The second-order valence-electron chi connectivity index (χ2n) is 8.91. The Morgan fingerprint density at radius 1 is 0.906 bits per heavy atom. The molecule has 0 bridgehead atoms. The molecule has 1 aromatic heterocycles. The van der Waals surface area contributed by atoms with Crippen LogP contribution in [-0.4, -0.2) is 48.4 Å². The molecule has 32 heavy (non-hydrogen) atoms. The molecule has 7 nitrogen and oxygen atoms in total. The fourth-order valence-electron chi connectivity index (χ4n) is 5.45. The molecule has 0 unspecified atom stereocenters. The summed E-state index contributed by atoms with van der Waals surface area (Å²) in [5, 5.41) is 0. The standard InChI is InChI=1S/C24H29N3O4S/c1-25-21-18-20(10-11-22(21)31-23(25)28)32(29,30)27-16-14-26(15-17-27)24(12-6-3-7-13-24)19-8-4-2-5-9-19/h2,4-5,8-11,18H,3,6-7,12-17H2,1H3. The van der Waals surface area contributed by atoms with Crippen molar-refractivity contribution in [1.82, 2.24) is 13.8 Å². The molecule has 1 aliphatic carbocycles. The zero-order valence-corrected chi connectivity index (χ0v) is 19.2. The molecule has 1 saturated carbocycles. The van der Waals surface area contributed by atoms with Gasteiger partial charge in [-0.25, -0.2) is 13.2 Å². The molecule has 0 atom stereocenters. The predicted molar refractivity (Wildman–Crippen MR) is 123 cm³/mol. The van der Waals surface area contributed by atoms with E-state index >= 15 is 0 Å². The van der Waals surface area contributed by atoms with Crippen LogP contribution in [0.2, 0.25) is 0 Å². The molecule has 3 aromatic rings. The number of benzene rings is 2. The Morgan fingerprint density at radius 2 is 1.59 bits per heavy atom. The first kappa shape index (κ1) is 21.4. The van der Waals surface area contributed by atoms with Crippen LogP contribution >= 0.6 is 0 Å². The Bertz CT molecular complexity index is 1270. The average molecular weight is 456 g/mol. The van der Waals surface area contributed by atoms with Crippen molar-refractivity contribution in [2.24, 2.45) is 7.05 Å². The first-order chi connectivity index (χ1) is 15.4. The molecule has 0 N–H and O–H groups in total. The highest BCUT2D eigenvalue weighted by atomic mass is 32.2. The van der Waals surface area contributed by atoms with Gasteiger partial charge in [0, 0.05) is 38.8 Å². The van der Waals surface area contributed by atoms with Crippen LogP contribution in [0.15, 0.2) is 62.6 Å².